The molecule has 3 N–H and O–H groups in total. The second-order valence-corrected chi connectivity index (χ2v) is 6.34. The van der Waals surface area contributed by atoms with E-state index in [0.717, 1.165) is 9.35 Å². The van der Waals surface area contributed by atoms with Crippen LogP contribution in [0.2, 0.25) is 0 Å². The molecule has 1 heterocycles. The number of anilines is 2. The molecule has 0 aliphatic carbocycles. The third-order valence-electron chi connectivity index (χ3n) is 2.30. The van der Waals surface area contributed by atoms with Crippen LogP contribution in [0.15, 0.2) is 28.6 Å². The topological polar surface area (TPSA) is 80.9 Å². The minimum absolute atomic E-state index is 0.0494. The number of amides is 1. The summed E-state index contributed by atoms with van der Waals surface area (Å²) < 4.78 is 0.893. The largest absolute Gasteiger partial charge is 0.397 e. The first kappa shape index (κ1) is 13.8. The fraction of sp³-hybridized carbons (Fsp3) is 0.250. The van der Waals surface area contributed by atoms with Crippen molar-refractivity contribution in [1.29, 1.82) is 0 Å². The molecule has 7 heteroatoms. The number of para-hydroxylation sites is 2. The normalized spacial score (nSPS) is 10.4. The summed E-state index contributed by atoms with van der Waals surface area (Å²) in [6.07, 6.45) is 0.414. The van der Waals surface area contributed by atoms with Crippen LogP contribution in [0.1, 0.15) is 11.4 Å². The van der Waals surface area contributed by atoms with E-state index in [0.29, 0.717) is 23.5 Å². The van der Waals surface area contributed by atoms with E-state index in [1.165, 1.54) is 23.1 Å². The van der Waals surface area contributed by atoms with Crippen molar-refractivity contribution in [2.75, 3.05) is 16.8 Å². The molecular weight excluding hydrogens is 280 g/mol. The van der Waals surface area contributed by atoms with Crippen molar-refractivity contribution in [1.82, 2.24) is 10.2 Å². The third kappa shape index (κ3) is 4.22. The van der Waals surface area contributed by atoms with Gasteiger partial charge in [0.15, 0.2) is 4.34 Å². The van der Waals surface area contributed by atoms with Gasteiger partial charge in [0.25, 0.3) is 0 Å². The van der Waals surface area contributed by atoms with Crippen molar-refractivity contribution >= 4 is 40.4 Å². The first-order valence-electron chi connectivity index (χ1n) is 5.72. The maximum Gasteiger partial charge on any atom is 0.225 e. The second-order valence-electron chi connectivity index (χ2n) is 3.82. The number of thioether (sulfide) groups is 1. The molecule has 2 rings (SSSR count). The van der Waals surface area contributed by atoms with E-state index < -0.39 is 0 Å². The van der Waals surface area contributed by atoms with E-state index in [-0.39, 0.29) is 5.91 Å². The highest BCUT2D eigenvalue weighted by atomic mass is 32.2. The quantitative estimate of drug-likeness (QED) is 0.654. The van der Waals surface area contributed by atoms with Crippen molar-refractivity contribution in [2.24, 2.45) is 0 Å². The van der Waals surface area contributed by atoms with Gasteiger partial charge in [-0.1, -0.05) is 35.2 Å². The summed E-state index contributed by atoms with van der Waals surface area (Å²) in [7, 11) is 0. The van der Waals surface area contributed by atoms with Crippen molar-refractivity contribution in [2.45, 2.75) is 17.7 Å². The monoisotopic (exact) mass is 294 g/mol. The van der Waals surface area contributed by atoms with E-state index in [4.69, 9.17) is 5.73 Å². The van der Waals surface area contributed by atoms with Crippen LogP contribution in [0.5, 0.6) is 0 Å². The van der Waals surface area contributed by atoms with Gasteiger partial charge in [0.1, 0.15) is 5.01 Å². The van der Waals surface area contributed by atoms with Gasteiger partial charge in [-0.15, -0.1) is 10.2 Å². The maximum atomic E-state index is 11.7. The zero-order valence-electron chi connectivity index (χ0n) is 10.4. The Bertz CT molecular complexity index is 570. The summed E-state index contributed by atoms with van der Waals surface area (Å²) >= 11 is 3.07. The smallest absolute Gasteiger partial charge is 0.225 e. The predicted octanol–water partition coefficient (Wildman–Crippen LogP) is 2.55. The molecule has 0 bridgehead atoms. The number of nitrogens with two attached hydrogens (primary N) is 1. The molecule has 0 saturated carbocycles. The lowest BCUT2D eigenvalue weighted by molar-refractivity contribution is -0.115. The zero-order valence-corrected chi connectivity index (χ0v) is 12.1. The SMILES string of the molecule is Cc1nnc(SCCC(=O)Nc2ccccc2N)s1. The Balaban J connectivity index is 1.77. The molecule has 0 fully saturated rings. The molecule has 100 valence electrons. The summed E-state index contributed by atoms with van der Waals surface area (Å²) in [5, 5.41) is 11.6. The number of benzene rings is 1. The summed E-state index contributed by atoms with van der Waals surface area (Å²) in [5.41, 5.74) is 6.98. The van der Waals surface area contributed by atoms with Gasteiger partial charge in [-0.25, -0.2) is 0 Å². The lowest BCUT2D eigenvalue weighted by Gasteiger charge is -2.06. The van der Waals surface area contributed by atoms with Crippen LogP contribution in [-0.4, -0.2) is 21.9 Å². The standard InChI is InChI=1S/C12H14N4OS2/c1-8-15-16-12(19-8)18-7-6-11(17)14-10-5-3-2-4-9(10)13/h2-5H,6-7,13H2,1H3,(H,14,17). The summed E-state index contributed by atoms with van der Waals surface area (Å²) in [6, 6.07) is 7.21. The minimum atomic E-state index is -0.0494. The zero-order chi connectivity index (χ0) is 13.7. The number of hydrogen-bond acceptors (Lipinski definition) is 6. The molecule has 0 spiro atoms. The summed E-state index contributed by atoms with van der Waals surface area (Å²) in [5.74, 6) is 0.624. The first-order valence-corrected chi connectivity index (χ1v) is 7.52. The number of nitrogens with zero attached hydrogens (tertiary/aromatic N) is 2. The van der Waals surface area contributed by atoms with Crippen LogP contribution in [0.25, 0.3) is 0 Å². The molecule has 5 nitrogen and oxygen atoms in total. The van der Waals surface area contributed by atoms with Gasteiger partial charge in [-0.2, -0.15) is 0 Å². The van der Waals surface area contributed by atoms with Crippen LogP contribution in [-0.2, 0) is 4.79 Å². The van der Waals surface area contributed by atoms with Gasteiger partial charge in [0, 0.05) is 12.2 Å². The van der Waals surface area contributed by atoms with E-state index in [2.05, 4.69) is 15.5 Å². The Morgan fingerprint density at radius 1 is 1.42 bits per heavy atom. The van der Waals surface area contributed by atoms with E-state index in [1.807, 2.05) is 19.1 Å². The highest BCUT2D eigenvalue weighted by Gasteiger charge is 2.06. The third-order valence-corrected chi connectivity index (χ3v) is 4.27. The number of carbonyl (C=O) groups is 1. The maximum absolute atomic E-state index is 11.7. The van der Waals surface area contributed by atoms with Crippen LogP contribution < -0.4 is 11.1 Å². The van der Waals surface area contributed by atoms with Gasteiger partial charge in [0.2, 0.25) is 5.91 Å². The fourth-order valence-electron chi connectivity index (χ4n) is 1.39. The number of carbonyl (C=O) groups excluding carboxylic acids is 1. The summed E-state index contributed by atoms with van der Waals surface area (Å²) in [6.45, 7) is 1.91. The molecule has 1 aromatic carbocycles. The number of nitrogen functional groups attached to an aromatic ring is 1. The minimum Gasteiger partial charge on any atom is -0.397 e. The second kappa shape index (κ2) is 6.53. The Morgan fingerprint density at radius 2 is 2.21 bits per heavy atom. The molecule has 1 aromatic heterocycles. The van der Waals surface area contributed by atoms with E-state index >= 15 is 0 Å². The first-order chi connectivity index (χ1) is 9.15. The Labute approximate surface area is 119 Å². The number of aryl methyl sites for hydroxylation is 1. The van der Waals surface area contributed by atoms with Crippen LogP contribution in [0, 0.1) is 6.92 Å². The van der Waals surface area contributed by atoms with Gasteiger partial charge in [-0.3, -0.25) is 4.79 Å². The van der Waals surface area contributed by atoms with Crippen molar-refractivity contribution in [3.05, 3.63) is 29.3 Å². The van der Waals surface area contributed by atoms with Gasteiger partial charge < -0.3 is 11.1 Å². The molecule has 0 aliphatic rings. The van der Waals surface area contributed by atoms with Crippen molar-refractivity contribution in [3.8, 4) is 0 Å². The van der Waals surface area contributed by atoms with Gasteiger partial charge >= 0.3 is 0 Å². The molecule has 2 aromatic rings. The fourth-order valence-corrected chi connectivity index (χ4v) is 3.22. The lowest BCUT2D eigenvalue weighted by Crippen LogP contribution is -2.13. The highest BCUT2D eigenvalue weighted by Crippen LogP contribution is 2.23. The molecule has 0 radical (unpaired) electrons. The summed E-state index contributed by atoms with van der Waals surface area (Å²) in [4.78, 5) is 11.7. The van der Waals surface area contributed by atoms with Crippen LogP contribution in [0.3, 0.4) is 0 Å². The number of rotatable bonds is 5. The molecule has 1 amide bonds. The molecule has 0 atom stereocenters. The molecule has 0 unspecified atom stereocenters. The molecule has 19 heavy (non-hydrogen) atoms. The molecular formula is C12H14N4OS2. The number of aromatic nitrogens is 2. The number of nitrogens with one attached hydrogen (secondary N) is 1. The Hall–Kier alpha value is -1.60. The average Bonchev–Trinajstić information content (AvgIpc) is 2.78. The lowest BCUT2D eigenvalue weighted by atomic mass is 10.2. The average molecular weight is 294 g/mol. The van der Waals surface area contributed by atoms with Crippen molar-refractivity contribution < 1.29 is 4.79 Å². The van der Waals surface area contributed by atoms with E-state index in [9.17, 15) is 4.79 Å². The van der Waals surface area contributed by atoms with Crippen LogP contribution in [0.4, 0.5) is 11.4 Å². The number of hydrogen-bond donors (Lipinski definition) is 2. The van der Waals surface area contributed by atoms with Gasteiger partial charge in [-0.05, 0) is 19.1 Å². The Morgan fingerprint density at radius 3 is 2.89 bits per heavy atom. The van der Waals surface area contributed by atoms with Crippen LogP contribution >= 0.6 is 23.1 Å². The van der Waals surface area contributed by atoms with E-state index in [1.54, 1.807) is 12.1 Å². The molecule has 0 saturated heterocycles. The Kier molecular flexibility index (Phi) is 4.75. The predicted molar refractivity (Wildman–Crippen MR) is 79.5 cm³/mol. The molecule has 0 aliphatic heterocycles. The highest BCUT2D eigenvalue weighted by molar-refractivity contribution is 8.01. The van der Waals surface area contributed by atoms with Crippen molar-refractivity contribution in [3.63, 3.8) is 0 Å². The van der Waals surface area contributed by atoms with Gasteiger partial charge in [0.05, 0.1) is 11.4 Å².